The summed E-state index contributed by atoms with van der Waals surface area (Å²) in [6, 6.07) is 0. The van der Waals surface area contributed by atoms with Crippen molar-refractivity contribution < 1.29 is 165 Å². The Bertz CT molecular complexity index is 3360. The zero-order valence-electron chi connectivity index (χ0n) is 65.0. The van der Waals surface area contributed by atoms with Crippen molar-refractivity contribution in [3.8, 4) is 0 Å². The summed E-state index contributed by atoms with van der Waals surface area (Å²) in [4.78, 5) is 93.7. The standard InChI is InChI=1S/C11H14N2O4.C11H16O4.C11H14O4.C11H16O4.C9H16O4.C8H14O5.C8H12O3.C5H10O5/c1-5-7-10(17-11(3,4)16-7)9(15)8(13-12)6(2)14;2*1-5(12)11-4-6(11)7-8(9(11)13)15-10(2,3)14-7;1-5-9-10(8(13)6-7(2)12)15-11(3,4)14-9;1-4-7-8(6(11)5-10)13-9(2,3)12-7;1-8(2)12-5-4(3-9)11-7(10)6(5)13-8;1-4-6-7(5-9)11-8(2,3)10-6;6-1-2-3(7)4(8)5(9)10-2/h5,7,10H,1H2,2-4H3;6-9,13H,4H2,1-3H3;6-8H,4H2,1-3H3;5,9-10H,1,6H2,2-4H3;4,6-8,10-11H,1,5H2,2-3H3;4-7,9-10H,3H2,1-2H3;4-7H,1H2,2-3H3;2-9H,1H2/t7-,10-;6-,7+,8+,9?,11+;6-,7+,8+,11+;9-,10+;6?,7-,8+;4?,5-,6-,7?;6-,7+;2?,3-,4-,5?/m01100101/s1. The van der Waals surface area contributed by atoms with E-state index < -0.39 is 173 Å². The van der Waals surface area contributed by atoms with Gasteiger partial charge < -0.3 is 132 Å². The van der Waals surface area contributed by atoms with Crippen LogP contribution >= 0.6 is 0 Å². The number of carbonyl (C=O) groups is 8. The van der Waals surface area contributed by atoms with Gasteiger partial charge in [0, 0.05) is 18.8 Å². The van der Waals surface area contributed by atoms with Gasteiger partial charge in [-0.1, -0.05) is 24.3 Å². The highest BCUT2D eigenvalue weighted by molar-refractivity contribution is 6.64. The molecular weight excluding hydrogens is 1440 g/mol. The zero-order valence-corrected chi connectivity index (χ0v) is 65.0. The molecule has 4 saturated carbocycles. The molecule has 0 aromatic rings. The second kappa shape index (κ2) is 35.6. The molecule has 0 amide bonds. The Labute approximate surface area is 632 Å². The Morgan fingerprint density at radius 1 is 0.505 bits per heavy atom. The minimum Gasteiger partial charge on any atom is -0.394 e. The van der Waals surface area contributed by atoms with E-state index in [-0.39, 0.29) is 97.0 Å². The molecule has 13 fully saturated rings. The molecule has 0 aromatic heterocycles. The number of carbonyl (C=O) groups excluding carboxylic acids is 8. The van der Waals surface area contributed by atoms with Gasteiger partial charge in [-0.15, -0.1) is 26.3 Å². The van der Waals surface area contributed by atoms with E-state index in [1.165, 1.54) is 26.0 Å². The maximum absolute atomic E-state index is 12.1. The van der Waals surface area contributed by atoms with Gasteiger partial charge in [0.05, 0.1) is 55.4 Å². The lowest BCUT2D eigenvalue weighted by atomic mass is 9.95. The van der Waals surface area contributed by atoms with Crippen LogP contribution in [-0.2, 0) is 114 Å². The van der Waals surface area contributed by atoms with E-state index in [4.69, 9.17) is 107 Å². The lowest BCUT2D eigenvalue weighted by Crippen LogP contribution is -2.39. The SMILES string of the molecule is C=C[C@@H]1OC(C)(C)O[C@@H]1C(=O)C(=[N+]=[N-])C(C)=O.C=C[C@@H]1OC(C)(C)O[C@@H]1C(=O)CC(C)=O.C=C[C@@H]1OC(C)(C)O[C@@H]1C(O)CO.C=C[C@@H]1OC(C)(C)O[C@@H]1C=O.CC(=O)[C@@]12C[C@@H]1[C@@H]1OC(C)(C)O[C@@H]1C2=O.CC(=O)[C@@]12C[C@@H]1[C@@H]1OC(C)(C)O[C@@H]1C2O.CC1(C)O[C@@H]2C(CO)OC(O)[C@@H]2O1.OCC1OC(O)[C@H](O)[C@@H]1O. The van der Waals surface area contributed by atoms with E-state index in [0.29, 0.717) is 6.42 Å². The van der Waals surface area contributed by atoms with E-state index in [9.17, 15) is 53.7 Å². The maximum Gasteiger partial charge on any atom is 0.402 e. The van der Waals surface area contributed by atoms with Crippen molar-refractivity contribution in [1.82, 2.24) is 0 Å². The molecule has 109 heavy (non-hydrogen) atoms. The Balaban J connectivity index is 0.000000196. The fraction of sp³-hybridized carbons (Fsp3) is 0.770. The monoisotopic (exact) mass is 1560 g/mol. The van der Waals surface area contributed by atoms with Crippen LogP contribution in [0.15, 0.2) is 50.6 Å². The molecule has 0 bridgehead atoms. The topological polar surface area (TPSA) is 503 Å². The number of aldehydes is 1. The lowest BCUT2D eigenvalue weighted by Gasteiger charge is -2.23. The molecule has 13 rings (SSSR count). The number of aliphatic hydroxyl groups excluding tert-OH is 9. The Hall–Kier alpha value is -5.30. The molecule has 35 heteroatoms. The minimum atomic E-state index is -1.38. The predicted molar refractivity (Wildman–Crippen MR) is 373 cm³/mol. The first-order valence-electron chi connectivity index (χ1n) is 35.8. The van der Waals surface area contributed by atoms with Gasteiger partial charge in [-0.05, 0) is 131 Å². The summed E-state index contributed by atoms with van der Waals surface area (Å²) >= 11 is 0. The van der Waals surface area contributed by atoms with Crippen LogP contribution < -0.4 is 0 Å². The molecule has 13 aliphatic rings. The third kappa shape index (κ3) is 21.4. The molecule has 0 radical (unpaired) electrons. The number of Topliss-reactive ketones (excluding diaryl/α,β-unsaturated/α-hetero) is 7. The van der Waals surface area contributed by atoms with Crippen molar-refractivity contribution in [2.75, 3.05) is 19.8 Å². The third-order valence-electron chi connectivity index (χ3n) is 19.7. The second-order valence-electron chi connectivity index (χ2n) is 31.4. The second-order valence-corrected chi connectivity index (χ2v) is 31.4. The van der Waals surface area contributed by atoms with Crippen LogP contribution in [0.2, 0.25) is 0 Å². The molecule has 26 atom stereocenters. The fourth-order valence-electron chi connectivity index (χ4n) is 14.8. The van der Waals surface area contributed by atoms with Crippen LogP contribution in [0.25, 0.3) is 5.53 Å². The molecule has 9 saturated heterocycles. The first-order valence-corrected chi connectivity index (χ1v) is 35.8. The molecular formula is C74H112N2O33. The van der Waals surface area contributed by atoms with Crippen LogP contribution in [0.4, 0.5) is 0 Å². The first kappa shape index (κ1) is 92.6. The first-order chi connectivity index (χ1) is 50.2. The van der Waals surface area contributed by atoms with Crippen molar-refractivity contribution >= 4 is 52.5 Å². The smallest absolute Gasteiger partial charge is 0.394 e. The van der Waals surface area contributed by atoms with E-state index in [2.05, 4.69) is 35.8 Å². The Morgan fingerprint density at radius 2 is 0.945 bits per heavy atom. The molecule has 4 aliphatic carbocycles. The van der Waals surface area contributed by atoms with Gasteiger partial charge in [-0.25, -0.2) is 0 Å². The number of ketones is 7. The minimum absolute atomic E-state index is 0.0306. The molecule has 9 aliphatic heterocycles. The van der Waals surface area contributed by atoms with Gasteiger partial charge >= 0.3 is 5.71 Å². The van der Waals surface area contributed by atoms with E-state index >= 15 is 0 Å². The zero-order chi connectivity index (χ0) is 82.8. The van der Waals surface area contributed by atoms with Crippen molar-refractivity contribution in [1.29, 1.82) is 0 Å². The van der Waals surface area contributed by atoms with Gasteiger partial charge in [0.1, 0.15) is 115 Å². The summed E-state index contributed by atoms with van der Waals surface area (Å²) < 4.78 is 86.1. The van der Waals surface area contributed by atoms with Gasteiger partial charge in [-0.2, -0.15) is 4.79 Å². The summed E-state index contributed by atoms with van der Waals surface area (Å²) in [6.07, 6.45) is -6.27. The van der Waals surface area contributed by atoms with Crippen LogP contribution in [-0.4, -0.2) is 298 Å². The summed E-state index contributed by atoms with van der Waals surface area (Å²) in [6.45, 7) is 43.5. The molecule has 0 spiro atoms. The highest BCUT2D eigenvalue weighted by Crippen LogP contribution is 2.68. The van der Waals surface area contributed by atoms with Crippen molar-refractivity contribution in [3.05, 3.63) is 56.2 Å². The van der Waals surface area contributed by atoms with Gasteiger partial charge in [0.2, 0.25) is 5.78 Å². The molecule has 6 unspecified atom stereocenters. The lowest BCUT2D eigenvalue weighted by molar-refractivity contribution is -0.223. The van der Waals surface area contributed by atoms with Gasteiger partial charge in [0.15, 0.2) is 77.0 Å². The quantitative estimate of drug-likeness (QED) is 0.0239. The van der Waals surface area contributed by atoms with E-state index in [0.717, 1.165) is 19.6 Å². The fourth-order valence-corrected chi connectivity index (χ4v) is 14.8. The van der Waals surface area contributed by atoms with Crippen molar-refractivity contribution in [3.63, 3.8) is 0 Å². The maximum atomic E-state index is 12.1. The molecule has 0 aromatic carbocycles. The molecule has 35 nitrogen and oxygen atoms in total. The van der Waals surface area contributed by atoms with Crippen LogP contribution in [0, 0.1) is 22.7 Å². The predicted octanol–water partition coefficient (Wildman–Crippen LogP) is 0.494. The number of aliphatic hydroxyl groups is 9. The van der Waals surface area contributed by atoms with Crippen LogP contribution in [0.3, 0.4) is 0 Å². The summed E-state index contributed by atoms with van der Waals surface area (Å²) in [5.41, 5.74) is 6.79. The highest BCUT2D eigenvalue weighted by atomic mass is 16.8. The number of ether oxygens (including phenoxy) is 16. The summed E-state index contributed by atoms with van der Waals surface area (Å²) in [7, 11) is 0. The number of hydrogen-bond donors (Lipinski definition) is 9. The Kier molecular flexibility index (Phi) is 30.2. The van der Waals surface area contributed by atoms with E-state index in [1.807, 2.05) is 13.8 Å². The summed E-state index contributed by atoms with van der Waals surface area (Å²) in [5.74, 6) is -6.70. The average molecular weight is 1560 g/mol. The van der Waals surface area contributed by atoms with Gasteiger partial charge in [0.25, 0.3) is 5.78 Å². The number of rotatable bonds is 17. The van der Waals surface area contributed by atoms with Crippen molar-refractivity contribution in [2.45, 2.75) is 319 Å². The third-order valence-corrected chi connectivity index (χ3v) is 19.7. The normalized spacial score (nSPS) is 40.2. The Morgan fingerprint density at radius 3 is 1.38 bits per heavy atom. The number of fused-ring (bicyclic) bond motifs is 7. The highest BCUT2D eigenvalue weighted by Gasteiger charge is 2.79. The number of hydrogen-bond acceptors (Lipinski definition) is 33. The molecule has 9 heterocycles. The van der Waals surface area contributed by atoms with Crippen molar-refractivity contribution in [2.24, 2.45) is 22.7 Å². The summed E-state index contributed by atoms with van der Waals surface area (Å²) in [5, 5.41) is 81.6. The van der Waals surface area contributed by atoms with Crippen LogP contribution in [0.5, 0.6) is 0 Å². The average Bonchev–Trinajstić information content (AvgIpc) is 1.51. The number of nitrogens with zero attached hydrogens (tertiary/aromatic N) is 2. The van der Waals surface area contributed by atoms with Crippen LogP contribution in [0.1, 0.15) is 144 Å². The molecule has 616 valence electrons. The largest absolute Gasteiger partial charge is 0.402 e. The van der Waals surface area contributed by atoms with Gasteiger partial charge in [-0.3, -0.25) is 33.6 Å². The molecule has 9 N–H and O–H groups in total. The van der Waals surface area contributed by atoms with E-state index in [1.54, 1.807) is 102 Å².